The second-order valence-corrected chi connectivity index (χ2v) is 9.43. The van der Waals surface area contributed by atoms with Crippen molar-refractivity contribution in [1.82, 2.24) is 9.97 Å². The number of hydrogen-bond acceptors (Lipinski definition) is 5. The predicted octanol–water partition coefficient (Wildman–Crippen LogP) is 3.88. The van der Waals surface area contributed by atoms with Gasteiger partial charge < -0.3 is 4.90 Å². The summed E-state index contributed by atoms with van der Waals surface area (Å²) in [5.41, 5.74) is 1.36. The number of fused-ring (bicyclic) bond motifs is 6. The van der Waals surface area contributed by atoms with Gasteiger partial charge >= 0.3 is 0 Å². The molecule has 6 nitrogen and oxygen atoms in total. The second kappa shape index (κ2) is 6.34. The van der Waals surface area contributed by atoms with Gasteiger partial charge in [-0.2, -0.15) is 10.5 Å². The highest BCUT2D eigenvalue weighted by Gasteiger charge is 2.69. The van der Waals surface area contributed by atoms with E-state index in [4.69, 9.17) is 0 Å². The minimum atomic E-state index is -0.934. The molecule has 1 saturated carbocycles. The van der Waals surface area contributed by atoms with Gasteiger partial charge in [-0.1, -0.05) is 13.8 Å². The maximum atomic E-state index is 14.4. The van der Waals surface area contributed by atoms with Crippen LogP contribution < -0.4 is 4.90 Å². The number of nitrogens with zero attached hydrogens (tertiary/aromatic N) is 5. The lowest BCUT2D eigenvalue weighted by atomic mass is 9.67. The van der Waals surface area contributed by atoms with E-state index in [0.717, 1.165) is 30.5 Å². The smallest absolute Gasteiger partial charge is 0.240 e. The number of aryl methyl sites for hydroxylation is 1. The van der Waals surface area contributed by atoms with Crippen molar-refractivity contribution in [3.05, 3.63) is 52.4 Å². The van der Waals surface area contributed by atoms with Crippen LogP contribution >= 0.6 is 0 Å². The van der Waals surface area contributed by atoms with Gasteiger partial charge in [0.1, 0.15) is 18.0 Å². The molecule has 2 bridgehead atoms. The summed E-state index contributed by atoms with van der Waals surface area (Å²) in [7, 11) is 0. The average molecular weight is 415 g/mol. The molecule has 1 amide bonds. The van der Waals surface area contributed by atoms with Crippen LogP contribution in [0.25, 0.3) is 0 Å². The van der Waals surface area contributed by atoms with Gasteiger partial charge in [0, 0.05) is 17.6 Å². The fraction of sp³-hybridized carbons (Fsp3) is 0.458. The molecule has 2 heterocycles. The Kier molecular flexibility index (Phi) is 4.02. The first-order chi connectivity index (χ1) is 14.8. The number of rotatable bonds is 1. The summed E-state index contributed by atoms with van der Waals surface area (Å²) >= 11 is 0. The average Bonchev–Trinajstić information content (AvgIpc) is 3.13. The highest BCUT2D eigenvalue weighted by atomic mass is 19.1. The van der Waals surface area contributed by atoms with Crippen molar-refractivity contribution >= 4 is 11.6 Å². The van der Waals surface area contributed by atoms with Crippen LogP contribution in [0.15, 0.2) is 18.2 Å². The molecule has 31 heavy (non-hydrogen) atoms. The zero-order valence-corrected chi connectivity index (χ0v) is 17.7. The summed E-state index contributed by atoms with van der Waals surface area (Å²) in [6.07, 6.45) is 2.85. The van der Waals surface area contributed by atoms with Gasteiger partial charge in [0.25, 0.3) is 0 Å². The van der Waals surface area contributed by atoms with Crippen LogP contribution in [0, 0.1) is 33.9 Å². The van der Waals surface area contributed by atoms with Crippen molar-refractivity contribution in [2.24, 2.45) is 5.41 Å². The number of benzene rings is 1. The first-order valence-electron chi connectivity index (χ1n) is 10.6. The molecule has 0 saturated heterocycles. The topological polar surface area (TPSA) is 93.7 Å². The Morgan fingerprint density at radius 2 is 1.90 bits per heavy atom. The second-order valence-electron chi connectivity index (χ2n) is 9.43. The Morgan fingerprint density at radius 1 is 1.19 bits per heavy atom. The fourth-order valence-electron chi connectivity index (χ4n) is 6.12. The van der Waals surface area contributed by atoms with Crippen LogP contribution in [0.5, 0.6) is 0 Å². The lowest BCUT2D eigenvalue weighted by Gasteiger charge is -2.44. The Balaban J connectivity index is 1.72. The molecule has 2 aromatic rings. The molecular formula is C24H22FN5O. The van der Waals surface area contributed by atoms with Crippen LogP contribution in [0.3, 0.4) is 0 Å². The highest BCUT2D eigenvalue weighted by molar-refractivity contribution is 6.04. The number of aromatic nitrogens is 2. The summed E-state index contributed by atoms with van der Waals surface area (Å²) in [5.74, 6) is -0.381. The zero-order valence-electron chi connectivity index (χ0n) is 17.7. The third kappa shape index (κ3) is 2.32. The summed E-state index contributed by atoms with van der Waals surface area (Å²) in [6, 6.07) is 8.49. The zero-order chi connectivity index (χ0) is 22.1. The van der Waals surface area contributed by atoms with E-state index in [-0.39, 0.29) is 35.1 Å². The van der Waals surface area contributed by atoms with Gasteiger partial charge in [0.2, 0.25) is 5.91 Å². The molecule has 0 N–H and O–H groups in total. The quantitative estimate of drug-likeness (QED) is 0.704. The fourth-order valence-corrected chi connectivity index (χ4v) is 6.12. The largest absolute Gasteiger partial charge is 0.309 e. The van der Waals surface area contributed by atoms with E-state index in [9.17, 15) is 19.7 Å². The number of halogens is 1. The van der Waals surface area contributed by atoms with Crippen LogP contribution in [0.2, 0.25) is 0 Å². The van der Waals surface area contributed by atoms with Gasteiger partial charge in [-0.15, -0.1) is 0 Å². The number of carbonyl (C=O) groups excluding carboxylic acids is 1. The molecule has 0 radical (unpaired) electrons. The van der Waals surface area contributed by atoms with Crippen LogP contribution in [0.4, 0.5) is 10.1 Å². The van der Waals surface area contributed by atoms with Crippen molar-refractivity contribution in [3.63, 3.8) is 0 Å². The first-order valence-corrected chi connectivity index (χ1v) is 10.6. The third-order valence-corrected chi connectivity index (χ3v) is 7.81. The third-order valence-electron chi connectivity index (χ3n) is 7.81. The van der Waals surface area contributed by atoms with Gasteiger partial charge in [-0.3, -0.25) is 4.79 Å². The van der Waals surface area contributed by atoms with Gasteiger partial charge in [-0.25, -0.2) is 14.4 Å². The molecule has 0 spiro atoms. The van der Waals surface area contributed by atoms with E-state index >= 15 is 0 Å². The Labute approximate surface area is 180 Å². The SMILES string of the molecule is C[C@H]1CCc2cc(F)ccc2N1C(=O)[C@]12CC[C@@H](c3nc(C#N)c(C#N)nc31)C2(C)C. The molecular weight excluding hydrogens is 393 g/mol. The molecule has 2 aliphatic carbocycles. The number of nitriles is 2. The summed E-state index contributed by atoms with van der Waals surface area (Å²) < 4.78 is 13.9. The summed E-state index contributed by atoms with van der Waals surface area (Å²) in [4.78, 5) is 25.2. The number of amides is 1. The number of hydrogen-bond donors (Lipinski definition) is 0. The van der Waals surface area contributed by atoms with E-state index in [0.29, 0.717) is 17.8 Å². The molecule has 1 aromatic carbocycles. The first kappa shape index (κ1) is 19.6. The Morgan fingerprint density at radius 3 is 2.61 bits per heavy atom. The van der Waals surface area contributed by atoms with E-state index in [1.807, 2.05) is 24.0 Å². The van der Waals surface area contributed by atoms with Crippen LogP contribution in [0.1, 0.15) is 74.3 Å². The monoisotopic (exact) mass is 415 g/mol. The van der Waals surface area contributed by atoms with E-state index in [1.54, 1.807) is 6.07 Å². The van der Waals surface area contributed by atoms with Crippen molar-refractivity contribution in [2.45, 2.75) is 63.8 Å². The lowest BCUT2D eigenvalue weighted by molar-refractivity contribution is -0.127. The molecule has 1 aromatic heterocycles. The molecule has 1 aliphatic heterocycles. The van der Waals surface area contributed by atoms with Gasteiger partial charge in [0.15, 0.2) is 11.4 Å². The molecule has 0 unspecified atom stereocenters. The highest BCUT2D eigenvalue weighted by Crippen LogP contribution is 2.67. The van der Waals surface area contributed by atoms with Crippen molar-refractivity contribution in [2.75, 3.05) is 4.90 Å². The molecule has 1 fully saturated rings. The number of carbonyl (C=O) groups is 1. The maximum Gasteiger partial charge on any atom is 0.240 e. The summed E-state index contributed by atoms with van der Waals surface area (Å²) in [6.45, 7) is 6.13. The molecule has 156 valence electrons. The Hall–Kier alpha value is -3.32. The number of anilines is 1. The van der Waals surface area contributed by atoms with Crippen LogP contribution in [-0.4, -0.2) is 21.9 Å². The van der Waals surface area contributed by atoms with Crippen LogP contribution in [-0.2, 0) is 16.6 Å². The molecule has 3 atom stereocenters. The molecule has 3 aliphatic rings. The minimum absolute atomic E-state index is 0.00780. The maximum absolute atomic E-state index is 14.4. The van der Waals surface area contributed by atoms with E-state index in [1.165, 1.54) is 12.1 Å². The van der Waals surface area contributed by atoms with Crippen molar-refractivity contribution in [1.29, 1.82) is 10.5 Å². The molecule has 7 heteroatoms. The van der Waals surface area contributed by atoms with Gasteiger partial charge in [-0.05, 0) is 61.8 Å². The van der Waals surface area contributed by atoms with Crippen molar-refractivity contribution < 1.29 is 9.18 Å². The summed E-state index contributed by atoms with van der Waals surface area (Å²) in [5, 5.41) is 18.9. The minimum Gasteiger partial charge on any atom is -0.309 e. The Bertz CT molecular complexity index is 1220. The predicted molar refractivity (Wildman–Crippen MR) is 111 cm³/mol. The van der Waals surface area contributed by atoms with Gasteiger partial charge in [0.05, 0.1) is 16.8 Å². The van der Waals surface area contributed by atoms with Crippen molar-refractivity contribution in [3.8, 4) is 12.1 Å². The normalized spacial score (nSPS) is 27.2. The standard InChI is InChI=1S/C24H22FN5O/c1-13-4-5-14-10-15(25)6-7-19(14)30(13)22(31)24-9-8-16(23(24,2)3)20-21(24)29-18(12-27)17(11-26)28-20/h6-7,10,13,16H,4-5,8-9H2,1-3H3/t13-,16-,24-/m0/s1. The molecule has 5 rings (SSSR count). The van der Waals surface area contributed by atoms with E-state index < -0.39 is 10.8 Å². The lowest BCUT2D eigenvalue weighted by Crippen LogP contribution is -2.55. The van der Waals surface area contributed by atoms with E-state index in [2.05, 4.69) is 23.8 Å².